The monoisotopic (exact) mass is 369 g/mol. The van der Waals surface area contributed by atoms with Gasteiger partial charge >= 0.3 is 0 Å². The summed E-state index contributed by atoms with van der Waals surface area (Å²) in [7, 11) is -3.78. The second-order valence-electron chi connectivity index (χ2n) is 5.01. The molecule has 1 aliphatic carbocycles. The highest BCUT2D eigenvalue weighted by atomic mass is 79.9. The van der Waals surface area contributed by atoms with Crippen molar-refractivity contribution >= 4 is 31.6 Å². The Bertz CT molecular complexity index is 805. The number of hydrogen-bond donors (Lipinski definition) is 1. The summed E-state index contributed by atoms with van der Waals surface area (Å²) in [5.41, 5.74) is 2.21. The number of anilines is 1. The predicted molar refractivity (Wildman–Crippen MR) is 83.4 cm³/mol. The van der Waals surface area contributed by atoms with E-state index in [-0.39, 0.29) is 10.6 Å². The summed E-state index contributed by atoms with van der Waals surface area (Å²) in [4.78, 5) is 0.172. The van der Waals surface area contributed by atoms with E-state index >= 15 is 0 Å². The summed E-state index contributed by atoms with van der Waals surface area (Å²) in [5, 5.41) is 0. The van der Waals surface area contributed by atoms with Crippen LogP contribution in [0.25, 0.3) is 0 Å². The fourth-order valence-corrected chi connectivity index (χ4v) is 3.94. The Morgan fingerprint density at radius 1 is 1.05 bits per heavy atom. The Morgan fingerprint density at radius 3 is 2.57 bits per heavy atom. The Labute approximate surface area is 131 Å². The van der Waals surface area contributed by atoms with E-state index in [0.717, 1.165) is 24.8 Å². The van der Waals surface area contributed by atoms with Gasteiger partial charge in [-0.25, -0.2) is 12.8 Å². The molecule has 0 amide bonds. The van der Waals surface area contributed by atoms with Gasteiger partial charge in [-0.15, -0.1) is 0 Å². The summed E-state index contributed by atoms with van der Waals surface area (Å²) in [6, 6.07) is 9.30. The van der Waals surface area contributed by atoms with Crippen molar-refractivity contribution in [3.63, 3.8) is 0 Å². The van der Waals surface area contributed by atoms with Gasteiger partial charge in [0.1, 0.15) is 5.82 Å². The van der Waals surface area contributed by atoms with Crippen molar-refractivity contribution in [1.29, 1.82) is 0 Å². The molecule has 110 valence electrons. The summed E-state index contributed by atoms with van der Waals surface area (Å²) in [6.07, 6.45) is 2.93. The first-order valence-corrected chi connectivity index (χ1v) is 8.83. The van der Waals surface area contributed by atoms with Gasteiger partial charge in [0, 0.05) is 4.47 Å². The van der Waals surface area contributed by atoms with Crippen LogP contribution in [0.3, 0.4) is 0 Å². The highest BCUT2D eigenvalue weighted by Gasteiger charge is 2.19. The van der Waals surface area contributed by atoms with Gasteiger partial charge in [0.2, 0.25) is 0 Å². The third-order valence-corrected chi connectivity index (χ3v) is 5.41. The van der Waals surface area contributed by atoms with E-state index in [1.54, 1.807) is 18.2 Å². The lowest BCUT2D eigenvalue weighted by atomic mass is 10.1. The number of nitrogens with one attached hydrogen (secondary N) is 1. The van der Waals surface area contributed by atoms with Crippen molar-refractivity contribution in [2.24, 2.45) is 0 Å². The summed E-state index contributed by atoms with van der Waals surface area (Å²) >= 11 is 3.14. The molecular formula is C15H13BrFNO2S. The van der Waals surface area contributed by atoms with Gasteiger partial charge in [-0.3, -0.25) is 4.72 Å². The fraction of sp³-hybridized carbons (Fsp3) is 0.200. The standard InChI is InChI=1S/C15H13BrFNO2S/c16-12-5-7-15(14(17)9-12)18-21(19,20)13-6-4-10-2-1-3-11(10)8-13/h4-9,18H,1-3H2. The average Bonchev–Trinajstić information content (AvgIpc) is 2.89. The lowest BCUT2D eigenvalue weighted by Gasteiger charge is -2.10. The number of halogens is 2. The lowest BCUT2D eigenvalue weighted by Crippen LogP contribution is -2.14. The minimum absolute atomic E-state index is 0.0568. The van der Waals surface area contributed by atoms with Crippen LogP contribution in [0, 0.1) is 5.82 Å². The molecule has 21 heavy (non-hydrogen) atoms. The van der Waals surface area contributed by atoms with Crippen LogP contribution >= 0.6 is 15.9 Å². The Morgan fingerprint density at radius 2 is 1.81 bits per heavy atom. The van der Waals surface area contributed by atoms with Crippen molar-refractivity contribution in [1.82, 2.24) is 0 Å². The van der Waals surface area contributed by atoms with E-state index < -0.39 is 15.8 Å². The normalized spacial score (nSPS) is 14.0. The number of aryl methyl sites for hydroxylation is 2. The van der Waals surface area contributed by atoms with Gasteiger partial charge in [0.15, 0.2) is 0 Å². The molecule has 0 radical (unpaired) electrons. The maximum atomic E-state index is 13.8. The third kappa shape index (κ3) is 2.96. The maximum absolute atomic E-state index is 13.8. The molecular weight excluding hydrogens is 357 g/mol. The minimum atomic E-state index is -3.78. The van der Waals surface area contributed by atoms with Gasteiger partial charge in [0.25, 0.3) is 10.0 Å². The molecule has 0 fully saturated rings. The molecule has 0 unspecified atom stereocenters. The molecule has 0 saturated heterocycles. The Balaban J connectivity index is 1.93. The van der Waals surface area contributed by atoms with Gasteiger partial charge in [-0.2, -0.15) is 0 Å². The molecule has 3 rings (SSSR count). The number of benzene rings is 2. The molecule has 0 spiro atoms. The second-order valence-corrected chi connectivity index (χ2v) is 7.61. The molecule has 0 heterocycles. The Kier molecular flexibility index (Phi) is 3.75. The highest BCUT2D eigenvalue weighted by molar-refractivity contribution is 9.10. The van der Waals surface area contributed by atoms with Crippen LogP contribution in [0.5, 0.6) is 0 Å². The topological polar surface area (TPSA) is 46.2 Å². The first kappa shape index (κ1) is 14.5. The van der Waals surface area contributed by atoms with Crippen molar-refractivity contribution in [2.45, 2.75) is 24.2 Å². The largest absolute Gasteiger partial charge is 0.277 e. The van der Waals surface area contributed by atoms with E-state index in [1.807, 2.05) is 6.07 Å². The summed E-state index contributed by atoms with van der Waals surface area (Å²) in [6.45, 7) is 0. The number of fused-ring (bicyclic) bond motifs is 1. The number of rotatable bonds is 3. The fourth-order valence-electron chi connectivity index (χ4n) is 2.49. The highest BCUT2D eigenvalue weighted by Crippen LogP contribution is 2.27. The molecule has 6 heteroatoms. The van der Waals surface area contributed by atoms with Gasteiger partial charge < -0.3 is 0 Å². The van der Waals surface area contributed by atoms with Crippen LogP contribution in [0.2, 0.25) is 0 Å². The van der Waals surface area contributed by atoms with Crippen LogP contribution in [0.15, 0.2) is 45.8 Å². The van der Waals surface area contributed by atoms with Crippen molar-refractivity contribution in [2.75, 3.05) is 4.72 Å². The van der Waals surface area contributed by atoms with E-state index in [1.165, 1.54) is 17.7 Å². The summed E-state index contributed by atoms with van der Waals surface area (Å²) in [5.74, 6) is -0.617. The molecule has 0 aromatic heterocycles. The van der Waals surface area contributed by atoms with E-state index in [4.69, 9.17) is 0 Å². The van der Waals surface area contributed by atoms with E-state index in [9.17, 15) is 12.8 Å². The number of sulfonamides is 1. The lowest BCUT2D eigenvalue weighted by molar-refractivity contribution is 0.598. The molecule has 0 bridgehead atoms. The van der Waals surface area contributed by atoms with Crippen LogP contribution in [-0.4, -0.2) is 8.42 Å². The molecule has 1 aliphatic rings. The van der Waals surface area contributed by atoms with Gasteiger partial charge in [-0.05, 0) is 60.7 Å². The van der Waals surface area contributed by atoms with Crippen molar-refractivity contribution in [3.8, 4) is 0 Å². The molecule has 0 atom stereocenters. The van der Waals surface area contributed by atoms with Crippen LogP contribution < -0.4 is 4.72 Å². The minimum Gasteiger partial charge on any atom is -0.277 e. The van der Waals surface area contributed by atoms with Crippen molar-refractivity contribution < 1.29 is 12.8 Å². The van der Waals surface area contributed by atoms with E-state index in [0.29, 0.717) is 4.47 Å². The zero-order valence-corrected chi connectivity index (χ0v) is 13.5. The van der Waals surface area contributed by atoms with Crippen molar-refractivity contribution in [3.05, 3.63) is 57.8 Å². The molecule has 0 aliphatic heterocycles. The van der Waals surface area contributed by atoms with Gasteiger partial charge in [-0.1, -0.05) is 22.0 Å². The zero-order valence-electron chi connectivity index (χ0n) is 11.1. The Hall–Kier alpha value is -1.40. The predicted octanol–water partition coefficient (Wildman–Crippen LogP) is 3.88. The van der Waals surface area contributed by atoms with E-state index in [2.05, 4.69) is 20.7 Å². The summed E-state index contributed by atoms with van der Waals surface area (Å²) < 4.78 is 41.3. The first-order chi connectivity index (χ1) is 9.95. The maximum Gasteiger partial charge on any atom is 0.261 e. The molecule has 1 N–H and O–H groups in total. The molecule has 3 nitrogen and oxygen atoms in total. The second kappa shape index (κ2) is 5.42. The number of hydrogen-bond acceptors (Lipinski definition) is 2. The molecule has 2 aromatic rings. The quantitative estimate of drug-likeness (QED) is 0.892. The van der Waals surface area contributed by atoms with Crippen LogP contribution in [0.1, 0.15) is 17.5 Å². The smallest absolute Gasteiger partial charge is 0.261 e. The SMILES string of the molecule is O=S(=O)(Nc1ccc(Br)cc1F)c1ccc2c(c1)CCC2. The zero-order chi connectivity index (χ0) is 15.0. The molecule has 0 saturated carbocycles. The van der Waals surface area contributed by atoms with Gasteiger partial charge in [0.05, 0.1) is 10.6 Å². The molecule has 2 aromatic carbocycles. The van der Waals surface area contributed by atoms with Crippen LogP contribution in [0.4, 0.5) is 10.1 Å². The first-order valence-electron chi connectivity index (χ1n) is 6.55. The third-order valence-electron chi connectivity index (χ3n) is 3.56. The van der Waals surface area contributed by atoms with Crippen LogP contribution in [-0.2, 0) is 22.9 Å². The average molecular weight is 370 g/mol.